The zero-order valence-electron chi connectivity index (χ0n) is 11.9. The van der Waals surface area contributed by atoms with Crippen molar-refractivity contribution in [3.8, 4) is 0 Å². The second-order valence-electron chi connectivity index (χ2n) is 5.60. The van der Waals surface area contributed by atoms with Gasteiger partial charge in [-0.3, -0.25) is 4.79 Å². The Hall–Kier alpha value is -1.13. The third kappa shape index (κ3) is 2.81. The molecule has 0 radical (unpaired) electrons. The third-order valence-corrected chi connectivity index (χ3v) is 5.05. The van der Waals surface area contributed by atoms with E-state index in [1.165, 1.54) is 12.8 Å². The lowest BCUT2D eigenvalue weighted by atomic mass is 9.89. The number of hydrogen-bond acceptors (Lipinski definition) is 3. The van der Waals surface area contributed by atoms with Gasteiger partial charge in [-0.25, -0.2) is 0 Å². The molecule has 0 bridgehead atoms. The maximum atomic E-state index is 12.7. The Morgan fingerprint density at radius 3 is 3.10 bits per heavy atom. The summed E-state index contributed by atoms with van der Waals surface area (Å²) < 4.78 is 5.84. The molecule has 2 atom stereocenters. The van der Waals surface area contributed by atoms with Crippen LogP contribution in [0.25, 0.3) is 6.08 Å². The number of rotatable bonds is 2. The number of morpholine rings is 1. The summed E-state index contributed by atoms with van der Waals surface area (Å²) in [7, 11) is 0. The Kier molecular flexibility index (Phi) is 4.22. The fourth-order valence-electron chi connectivity index (χ4n) is 3.22. The van der Waals surface area contributed by atoms with E-state index >= 15 is 0 Å². The molecule has 3 nitrogen and oxygen atoms in total. The minimum atomic E-state index is 0.179. The van der Waals surface area contributed by atoms with Crippen LogP contribution in [0, 0.1) is 0 Å². The Balaban J connectivity index is 1.75. The van der Waals surface area contributed by atoms with Crippen molar-refractivity contribution >= 4 is 23.3 Å². The first kappa shape index (κ1) is 13.8. The lowest BCUT2D eigenvalue weighted by Gasteiger charge is -2.43. The van der Waals surface area contributed by atoms with Crippen LogP contribution in [0.15, 0.2) is 23.1 Å². The summed E-state index contributed by atoms with van der Waals surface area (Å²) in [6.45, 7) is 3.34. The van der Waals surface area contributed by atoms with E-state index in [1.807, 2.05) is 35.4 Å². The van der Waals surface area contributed by atoms with Crippen molar-refractivity contribution in [1.29, 1.82) is 0 Å². The standard InChI is InChI=1S/C16H21NO2S/c1-12(11-13-5-4-10-20-13)16(18)17-8-9-19-15-7-3-2-6-14(15)17/h4-5,10-11,14-15H,2-3,6-9H2,1H3/b12-11+. The van der Waals surface area contributed by atoms with Crippen LogP contribution in [0.4, 0.5) is 0 Å². The van der Waals surface area contributed by atoms with Crippen molar-refractivity contribution < 1.29 is 9.53 Å². The van der Waals surface area contributed by atoms with Gasteiger partial charge in [0.2, 0.25) is 5.91 Å². The Bertz CT molecular complexity index is 493. The molecule has 0 spiro atoms. The van der Waals surface area contributed by atoms with E-state index in [0.717, 1.165) is 29.8 Å². The van der Waals surface area contributed by atoms with E-state index in [-0.39, 0.29) is 18.1 Å². The SMILES string of the molecule is C/C(=C\c1cccs1)C(=O)N1CCOC2CCCCC21. The Labute approximate surface area is 124 Å². The van der Waals surface area contributed by atoms with E-state index in [0.29, 0.717) is 6.61 Å². The molecule has 1 saturated carbocycles. The number of fused-ring (bicyclic) bond motifs is 1. The van der Waals surface area contributed by atoms with Gasteiger partial charge < -0.3 is 9.64 Å². The van der Waals surface area contributed by atoms with Gasteiger partial charge in [0.25, 0.3) is 0 Å². The van der Waals surface area contributed by atoms with Crippen LogP contribution >= 0.6 is 11.3 Å². The molecule has 20 heavy (non-hydrogen) atoms. The number of carbonyl (C=O) groups is 1. The largest absolute Gasteiger partial charge is 0.374 e. The van der Waals surface area contributed by atoms with Crippen LogP contribution in [0.3, 0.4) is 0 Å². The van der Waals surface area contributed by atoms with Gasteiger partial charge in [-0.15, -0.1) is 11.3 Å². The molecule has 2 unspecified atom stereocenters. The summed E-state index contributed by atoms with van der Waals surface area (Å²) in [5.41, 5.74) is 0.832. The normalized spacial score (nSPS) is 27.2. The second-order valence-corrected chi connectivity index (χ2v) is 6.58. The molecule has 4 heteroatoms. The van der Waals surface area contributed by atoms with Gasteiger partial charge in [-0.05, 0) is 37.3 Å². The van der Waals surface area contributed by atoms with E-state index < -0.39 is 0 Å². The monoisotopic (exact) mass is 291 g/mol. The van der Waals surface area contributed by atoms with Crippen molar-refractivity contribution in [3.63, 3.8) is 0 Å². The van der Waals surface area contributed by atoms with Crippen molar-refractivity contribution in [2.75, 3.05) is 13.2 Å². The summed E-state index contributed by atoms with van der Waals surface area (Å²) >= 11 is 1.67. The molecule has 1 aromatic rings. The van der Waals surface area contributed by atoms with Gasteiger partial charge in [-0.1, -0.05) is 18.9 Å². The third-order valence-electron chi connectivity index (χ3n) is 4.23. The fraction of sp³-hybridized carbons (Fsp3) is 0.562. The molecule has 1 aliphatic heterocycles. The van der Waals surface area contributed by atoms with Gasteiger partial charge in [0.15, 0.2) is 0 Å². The zero-order chi connectivity index (χ0) is 13.9. The second kappa shape index (κ2) is 6.10. The first-order chi connectivity index (χ1) is 9.75. The topological polar surface area (TPSA) is 29.5 Å². The van der Waals surface area contributed by atoms with Crippen LogP contribution in [0.2, 0.25) is 0 Å². The molecule has 1 aromatic heterocycles. The van der Waals surface area contributed by atoms with Gasteiger partial charge >= 0.3 is 0 Å². The summed E-state index contributed by atoms with van der Waals surface area (Å²) in [4.78, 5) is 15.9. The van der Waals surface area contributed by atoms with E-state index in [2.05, 4.69) is 0 Å². The molecule has 2 heterocycles. The molecular formula is C16H21NO2S. The number of ether oxygens (including phenoxy) is 1. The van der Waals surface area contributed by atoms with Crippen LogP contribution in [0.5, 0.6) is 0 Å². The van der Waals surface area contributed by atoms with E-state index in [4.69, 9.17) is 4.74 Å². The first-order valence-electron chi connectivity index (χ1n) is 7.40. The van der Waals surface area contributed by atoms with Gasteiger partial charge in [0, 0.05) is 17.0 Å². The van der Waals surface area contributed by atoms with Crippen molar-refractivity contribution in [1.82, 2.24) is 4.90 Å². The Morgan fingerprint density at radius 2 is 2.30 bits per heavy atom. The van der Waals surface area contributed by atoms with Crippen LogP contribution in [0.1, 0.15) is 37.5 Å². The van der Waals surface area contributed by atoms with Crippen molar-refractivity contribution in [2.24, 2.45) is 0 Å². The van der Waals surface area contributed by atoms with Gasteiger partial charge in [0.05, 0.1) is 18.8 Å². The highest BCUT2D eigenvalue weighted by Crippen LogP contribution is 2.29. The number of carbonyl (C=O) groups excluding carboxylic acids is 1. The van der Waals surface area contributed by atoms with Gasteiger partial charge in [0.1, 0.15) is 0 Å². The lowest BCUT2D eigenvalue weighted by molar-refractivity contribution is -0.145. The zero-order valence-corrected chi connectivity index (χ0v) is 12.7. The summed E-state index contributed by atoms with van der Waals surface area (Å²) in [6.07, 6.45) is 6.89. The van der Waals surface area contributed by atoms with E-state index in [1.54, 1.807) is 11.3 Å². The summed E-state index contributed by atoms with van der Waals surface area (Å²) in [5.74, 6) is 0.179. The van der Waals surface area contributed by atoms with Crippen LogP contribution in [-0.4, -0.2) is 36.1 Å². The predicted molar refractivity (Wildman–Crippen MR) is 81.7 cm³/mol. The maximum absolute atomic E-state index is 12.7. The summed E-state index contributed by atoms with van der Waals surface area (Å²) in [6, 6.07) is 4.35. The molecule has 1 aliphatic carbocycles. The lowest BCUT2D eigenvalue weighted by Crippen LogP contribution is -2.55. The highest BCUT2D eigenvalue weighted by molar-refractivity contribution is 7.10. The predicted octanol–water partition coefficient (Wildman–Crippen LogP) is 3.32. The van der Waals surface area contributed by atoms with Crippen LogP contribution in [-0.2, 0) is 9.53 Å². The minimum absolute atomic E-state index is 0.179. The molecule has 2 aliphatic rings. The summed E-state index contributed by atoms with van der Waals surface area (Å²) in [5, 5.41) is 2.04. The highest BCUT2D eigenvalue weighted by atomic mass is 32.1. The smallest absolute Gasteiger partial charge is 0.249 e. The van der Waals surface area contributed by atoms with Crippen molar-refractivity contribution in [3.05, 3.63) is 28.0 Å². The molecule has 108 valence electrons. The highest BCUT2D eigenvalue weighted by Gasteiger charge is 2.36. The van der Waals surface area contributed by atoms with Crippen molar-refractivity contribution in [2.45, 2.75) is 44.8 Å². The first-order valence-corrected chi connectivity index (χ1v) is 8.28. The molecular weight excluding hydrogens is 270 g/mol. The molecule has 1 saturated heterocycles. The maximum Gasteiger partial charge on any atom is 0.249 e. The van der Waals surface area contributed by atoms with E-state index in [9.17, 15) is 4.79 Å². The molecule has 2 fully saturated rings. The van der Waals surface area contributed by atoms with Gasteiger partial charge in [-0.2, -0.15) is 0 Å². The molecule has 0 aromatic carbocycles. The number of thiophene rings is 1. The average Bonchev–Trinajstić information content (AvgIpc) is 2.99. The molecule has 3 rings (SSSR count). The Morgan fingerprint density at radius 1 is 1.45 bits per heavy atom. The average molecular weight is 291 g/mol. The fourth-order valence-corrected chi connectivity index (χ4v) is 3.94. The number of amides is 1. The quantitative estimate of drug-likeness (QED) is 0.782. The number of hydrogen-bond donors (Lipinski definition) is 0. The molecule has 0 N–H and O–H groups in total. The number of nitrogens with zero attached hydrogens (tertiary/aromatic N) is 1. The molecule has 1 amide bonds. The van der Waals surface area contributed by atoms with Crippen LogP contribution < -0.4 is 0 Å². The minimum Gasteiger partial charge on any atom is -0.374 e.